The minimum atomic E-state index is -0.294. The first-order chi connectivity index (χ1) is 15.8. The van der Waals surface area contributed by atoms with Crippen LogP contribution >= 0.6 is 11.6 Å². The van der Waals surface area contributed by atoms with Crippen molar-refractivity contribution in [1.82, 2.24) is 19.6 Å². The molecule has 2 heterocycles. The molecule has 0 saturated heterocycles. The number of aryl methyl sites for hydroxylation is 3. The number of aromatic nitrogens is 4. The van der Waals surface area contributed by atoms with E-state index in [1.165, 1.54) is 5.56 Å². The van der Waals surface area contributed by atoms with Crippen LogP contribution in [0.1, 0.15) is 38.6 Å². The van der Waals surface area contributed by atoms with Gasteiger partial charge in [0, 0.05) is 11.2 Å². The van der Waals surface area contributed by atoms with Crippen molar-refractivity contribution in [2.75, 3.05) is 5.32 Å². The zero-order chi connectivity index (χ0) is 23.5. The largest absolute Gasteiger partial charge is 0.471 e. The van der Waals surface area contributed by atoms with Crippen LogP contribution in [-0.4, -0.2) is 25.5 Å². The van der Waals surface area contributed by atoms with Gasteiger partial charge in [0.25, 0.3) is 5.91 Å². The fraction of sp³-hybridized carbons (Fsp3) is 0.240. The number of amides is 1. The highest BCUT2D eigenvalue weighted by Crippen LogP contribution is 2.22. The van der Waals surface area contributed by atoms with E-state index < -0.39 is 0 Å². The van der Waals surface area contributed by atoms with Gasteiger partial charge in [0.15, 0.2) is 12.4 Å². The van der Waals surface area contributed by atoms with Crippen molar-refractivity contribution >= 4 is 23.2 Å². The second-order valence-corrected chi connectivity index (χ2v) is 8.48. The predicted octanol–water partition coefficient (Wildman–Crippen LogP) is 5.30. The minimum Gasteiger partial charge on any atom is -0.471 e. The van der Waals surface area contributed by atoms with E-state index in [0.717, 1.165) is 22.5 Å². The third-order valence-electron chi connectivity index (χ3n) is 5.44. The summed E-state index contributed by atoms with van der Waals surface area (Å²) in [5, 5.41) is 12.6. The fourth-order valence-electron chi connectivity index (χ4n) is 3.48. The molecule has 1 amide bonds. The molecule has 0 unspecified atom stereocenters. The highest BCUT2D eigenvalue weighted by molar-refractivity contribution is 6.31. The summed E-state index contributed by atoms with van der Waals surface area (Å²) in [6.07, 6.45) is 1.71. The number of hydrogen-bond acceptors (Lipinski definition) is 4. The molecular formula is C25H26ClN5O2. The van der Waals surface area contributed by atoms with E-state index in [0.29, 0.717) is 28.7 Å². The Bertz CT molecular complexity index is 1290. The van der Waals surface area contributed by atoms with Gasteiger partial charge in [0.2, 0.25) is 0 Å². The van der Waals surface area contributed by atoms with Gasteiger partial charge in [-0.3, -0.25) is 9.48 Å². The number of nitrogens with one attached hydrogen (secondary N) is 1. The van der Waals surface area contributed by atoms with E-state index >= 15 is 0 Å². The summed E-state index contributed by atoms with van der Waals surface area (Å²) in [5.41, 5.74) is 5.96. The topological polar surface area (TPSA) is 74.0 Å². The zero-order valence-electron chi connectivity index (χ0n) is 19.1. The van der Waals surface area contributed by atoms with E-state index in [1.807, 2.05) is 31.5 Å². The van der Waals surface area contributed by atoms with Crippen molar-refractivity contribution in [3.63, 3.8) is 0 Å². The Morgan fingerprint density at radius 2 is 1.79 bits per heavy atom. The quantitative estimate of drug-likeness (QED) is 0.403. The van der Waals surface area contributed by atoms with Gasteiger partial charge in [-0.2, -0.15) is 10.2 Å². The summed E-state index contributed by atoms with van der Waals surface area (Å²) < 4.78 is 9.21. The van der Waals surface area contributed by atoms with Gasteiger partial charge >= 0.3 is 0 Å². The number of benzene rings is 2. The Kier molecular flexibility index (Phi) is 6.51. The average Bonchev–Trinajstić information content (AvgIpc) is 3.37. The number of carbonyl (C=O) groups is 1. The number of nitrogens with zero attached hydrogens (tertiary/aromatic N) is 4. The first-order valence-corrected chi connectivity index (χ1v) is 11.0. The van der Waals surface area contributed by atoms with Crippen LogP contribution in [0.2, 0.25) is 5.02 Å². The van der Waals surface area contributed by atoms with Crippen LogP contribution in [0.3, 0.4) is 0 Å². The van der Waals surface area contributed by atoms with Gasteiger partial charge in [-0.15, -0.1) is 0 Å². The molecule has 4 aromatic rings. The molecular weight excluding hydrogens is 438 g/mol. The number of hydrogen-bond donors (Lipinski definition) is 1. The van der Waals surface area contributed by atoms with E-state index in [9.17, 15) is 4.79 Å². The standard InChI is InChI=1S/C25H26ClN5O2/c1-16-5-7-20(8-6-16)14-31-19(4)24(18(3)28-31)27-25(32)23-11-12-30(29-23)15-33-21-9-10-22(26)17(2)13-21/h5-13H,14-15H2,1-4H3,(H,27,32). The molecule has 0 bridgehead atoms. The number of anilines is 1. The third kappa shape index (κ3) is 5.26. The van der Waals surface area contributed by atoms with Crippen molar-refractivity contribution in [3.8, 4) is 5.75 Å². The fourth-order valence-corrected chi connectivity index (χ4v) is 3.60. The molecule has 1 N–H and O–H groups in total. The monoisotopic (exact) mass is 463 g/mol. The Morgan fingerprint density at radius 3 is 2.52 bits per heavy atom. The van der Waals surface area contributed by atoms with Gasteiger partial charge in [-0.05, 0) is 63.1 Å². The number of carbonyl (C=O) groups excluding carboxylic acids is 1. The highest BCUT2D eigenvalue weighted by atomic mass is 35.5. The Balaban J connectivity index is 1.41. The minimum absolute atomic E-state index is 0.181. The first kappa shape index (κ1) is 22.6. The van der Waals surface area contributed by atoms with Gasteiger partial charge in [-0.25, -0.2) is 4.68 Å². The maximum Gasteiger partial charge on any atom is 0.276 e. The number of ether oxygens (including phenoxy) is 1. The van der Waals surface area contributed by atoms with Crippen molar-refractivity contribution in [2.45, 2.75) is 41.0 Å². The molecule has 0 fully saturated rings. The molecule has 0 spiro atoms. The molecule has 0 atom stereocenters. The molecule has 0 saturated carbocycles. The van der Waals surface area contributed by atoms with Crippen LogP contribution in [0.15, 0.2) is 54.7 Å². The van der Waals surface area contributed by atoms with Crippen molar-refractivity contribution in [1.29, 1.82) is 0 Å². The van der Waals surface area contributed by atoms with Crippen LogP contribution in [0.5, 0.6) is 5.75 Å². The lowest BCUT2D eigenvalue weighted by Gasteiger charge is -2.08. The summed E-state index contributed by atoms with van der Waals surface area (Å²) >= 11 is 6.05. The van der Waals surface area contributed by atoms with Crippen LogP contribution in [0.4, 0.5) is 5.69 Å². The van der Waals surface area contributed by atoms with Crippen molar-refractivity contribution < 1.29 is 9.53 Å². The second kappa shape index (κ2) is 9.50. The zero-order valence-corrected chi connectivity index (χ0v) is 19.8. The van der Waals surface area contributed by atoms with Gasteiger partial charge in [0.05, 0.1) is 23.6 Å². The number of halogens is 1. The average molecular weight is 464 g/mol. The molecule has 0 radical (unpaired) electrons. The van der Waals surface area contributed by atoms with E-state index in [4.69, 9.17) is 16.3 Å². The lowest BCUT2D eigenvalue weighted by molar-refractivity contribution is 0.102. The SMILES string of the molecule is Cc1ccc(Cn2nc(C)c(NC(=O)c3ccn(COc4ccc(Cl)c(C)c4)n3)c2C)cc1. The normalized spacial score (nSPS) is 10.9. The molecule has 8 heteroatoms. The molecule has 0 aliphatic heterocycles. The van der Waals surface area contributed by atoms with Crippen LogP contribution in [0, 0.1) is 27.7 Å². The highest BCUT2D eigenvalue weighted by Gasteiger charge is 2.17. The predicted molar refractivity (Wildman–Crippen MR) is 129 cm³/mol. The van der Waals surface area contributed by atoms with Gasteiger partial charge < -0.3 is 10.1 Å². The molecule has 0 aliphatic rings. The molecule has 0 aliphatic carbocycles. The third-order valence-corrected chi connectivity index (χ3v) is 5.86. The van der Waals surface area contributed by atoms with Crippen LogP contribution < -0.4 is 10.1 Å². The second-order valence-electron chi connectivity index (χ2n) is 8.07. The van der Waals surface area contributed by atoms with E-state index in [2.05, 4.69) is 46.7 Å². The summed E-state index contributed by atoms with van der Waals surface area (Å²) in [4.78, 5) is 12.8. The van der Waals surface area contributed by atoms with Crippen LogP contribution in [0.25, 0.3) is 0 Å². The van der Waals surface area contributed by atoms with Crippen molar-refractivity contribution in [2.24, 2.45) is 0 Å². The Labute approximate surface area is 197 Å². The smallest absolute Gasteiger partial charge is 0.276 e. The lowest BCUT2D eigenvalue weighted by Crippen LogP contribution is -2.15. The first-order valence-electron chi connectivity index (χ1n) is 10.6. The van der Waals surface area contributed by atoms with Crippen molar-refractivity contribution in [3.05, 3.63) is 93.5 Å². The molecule has 33 heavy (non-hydrogen) atoms. The molecule has 2 aromatic heterocycles. The maximum absolute atomic E-state index is 12.8. The summed E-state index contributed by atoms with van der Waals surface area (Å²) in [7, 11) is 0. The summed E-state index contributed by atoms with van der Waals surface area (Å²) in [6.45, 7) is 8.63. The molecule has 2 aromatic carbocycles. The molecule has 7 nitrogen and oxygen atoms in total. The molecule has 4 rings (SSSR count). The Hall–Kier alpha value is -3.58. The maximum atomic E-state index is 12.8. The Morgan fingerprint density at radius 1 is 1.03 bits per heavy atom. The lowest BCUT2D eigenvalue weighted by atomic mass is 10.1. The van der Waals surface area contributed by atoms with Crippen LogP contribution in [-0.2, 0) is 13.3 Å². The van der Waals surface area contributed by atoms with Gasteiger partial charge in [-0.1, -0.05) is 41.4 Å². The molecule has 170 valence electrons. The van der Waals surface area contributed by atoms with E-state index in [1.54, 1.807) is 29.1 Å². The van der Waals surface area contributed by atoms with Gasteiger partial charge in [0.1, 0.15) is 5.75 Å². The summed E-state index contributed by atoms with van der Waals surface area (Å²) in [5.74, 6) is 0.391. The number of rotatable bonds is 7. The van der Waals surface area contributed by atoms with E-state index in [-0.39, 0.29) is 12.6 Å². The summed E-state index contributed by atoms with van der Waals surface area (Å²) in [6, 6.07) is 15.4.